The number of fused-ring (bicyclic) bond motifs is 1. The van der Waals surface area contributed by atoms with Crippen LogP contribution < -0.4 is 11.0 Å². The van der Waals surface area contributed by atoms with E-state index in [2.05, 4.69) is 24.9 Å². The molecule has 1 saturated carbocycles. The van der Waals surface area contributed by atoms with Crippen molar-refractivity contribution in [1.29, 1.82) is 0 Å². The zero-order valence-corrected chi connectivity index (χ0v) is 13.0. The van der Waals surface area contributed by atoms with E-state index in [1.54, 1.807) is 18.4 Å². The lowest BCUT2D eigenvalue weighted by atomic mass is 10.4. The number of thiazole rings is 1. The van der Waals surface area contributed by atoms with Gasteiger partial charge in [-0.05, 0) is 24.6 Å². The van der Waals surface area contributed by atoms with Crippen LogP contribution in [0.25, 0.3) is 4.96 Å². The minimum Gasteiger partial charge on any atom is -0.308 e. The highest BCUT2D eigenvalue weighted by molar-refractivity contribution is 7.99. The van der Waals surface area contributed by atoms with E-state index in [-0.39, 0.29) is 5.69 Å². The topological polar surface area (TPSA) is 80.0 Å². The number of nitrogens with one attached hydrogen (secondary N) is 2. The molecule has 3 heterocycles. The van der Waals surface area contributed by atoms with Gasteiger partial charge in [-0.25, -0.2) is 14.9 Å². The summed E-state index contributed by atoms with van der Waals surface area (Å²) in [7, 11) is 1.70. The molecular formula is C12H14N6OS2. The van der Waals surface area contributed by atoms with E-state index >= 15 is 0 Å². The number of aromatic nitrogens is 5. The summed E-state index contributed by atoms with van der Waals surface area (Å²) in [5.41, 5.74) is 0.912. The van der Waals surface area contributed by atoms with Crippen molar-refractivity contribution in [2.45, 2.75) is 35.6 Å². The van der Waals surface area contributed by atoms with Gasteiger partial charge in [0.25, 0.3) is 0 Å². The Kier molecular flexibility index (Phi) is 3.12. The van der Waals surface area contributed by atoms with Crippen LogP contribution in [0.1, 0.15) is 18.5 Å². The summed E-state index contributed by atoms with van der Waals surface area (Å²) in [6.07, 6.45) is 4.54. The predicted octanol–water partition coefficient (Wildman–Crippen LogP) is 1.22. The molecule has 0 unspecified atom stereocenters. The molecule has 1 aliphatic carbocycles. The van der Waals surface area contributed by atoms with Gasteiger partial charge in [0.05, 0.1) is 5.69 Å². The first kappa shape index (κ1) is 13.1. The SMILES string of the molecule is Cn1c(Sc2nc3sccn3c2CNC2CC2)n[nH]c1=O. The van der Waals surface area contributed by atoms with Crippen LogP contribution in [0, 0.1) is 0 Å². The summed E-state index contributed by atoms with van der Waals surface area (Å²) in [6, 6.07) is 0.641. The molecule has 0 radical (unpaired) electrons. The average Bonchev–Trinajstić information content (AvgIpc) is 2.98. The van der Waals surface area contributed by atoms with Crippen molar-refractivity contribution in [3.63, 3.8) is 0 Å². The molecule has 2 N–H and O–H groups in total. The first-order valence-electron chi connectivity index (χ1n) is 6.69. The van der Waals surface area contributed by atoms with Crippen molar-refractivity contribution in [3.8, 4) is 0 Å². The highest BCUT2D eigenvalue weighted by Gasteiger charge is 2.23. The van der Waals surface area contributed by atoms with Crippen LogP contribution in [0.5, 0.6) is 0 Å². The van der Waals surface area contributed by atoms with Crippen LogP contribution >= 0.6 is 23.1 Å². The Balaban J connectivity index is 1.69. The summed E-state index contributed by atoms with van der Waals surface area (Å²) in [6.45, 7) is 0.781. The van der Waals surface area contributed by atoms with Crippen molar-refractivity contribution in [2.24, 2.45) is 7.05 Å². The van der Waals surface area contributed by atoms with Crippen LogP contribution in [-0.4, -0.2) is 30.2 Å². The fraction of sp³-hybridized carbons (Fsp3) is 0.417. The lowest BCUT2D eigenvalue weighted by Gasteiger charge is -2.04. The predicted molar refractivity (Wildman–Crippen MR) is 80.9 cm³/mol. The van der Waals surface area contributed by atoms with Gasteiger partial charge in [-0.2, -0.15) is 0 Å². The third kappa shape index (κ3) is 2.41. The number of hydrogen-bond donors (Lipinski definition) is 2. The molecule has 0 aromatic carbocycles. The van der Waals surface area contributed by atoms with E-state index in [1.165, 1.54) is 29.2 Å². The molecule has 0 saturated heterocycles. The lowest BCUT2D eigenvalue weighted by molar-refractivity contribution is 0.660. The standard InChI is InChI=1S/C12H14N6OS2/c1-17-10(19)15-16-12(17)21-9-8(6-13-7-2-3-7)18-4-5-20-11(18)14-9/h4-5,7,13H,2-3,6H2,1H3,(H,15,19). The highest BCUT2D eigenvalue weighted by atomic mass is 32.2. The molecule has 4 rings (SSSR count). The van der Waals surface area contributed by atoms with Gasteiger partial charge in [0.2, 0.25) is 0 Å². The Bertz CT molecular complexity index is 840. The number of rotatable bonds is 5. The van der Waals surface area contributed by atoms with Crippen LogP contribution in [0.2, 0.25) is 0 Å². The fourth-order valence-corrected chi connectivity index (χ4v) is 3.79. The molecule has 3 aromatic rings. The molecule has 0 spiro atoms. The number of aromatic amines is 1. The normalized spacial score (nSPS) is 15.1. The number of imidazole rings is 1. The van der Waals surface area contributed by atoms with Crippen molar-refractivity contribution in [2.75, 3.05) is 0 Å². The third-order valence-corrected chi connectivity index (χ3v) is 5.31. The second kappa shape index (κ2) is 5.00. The Morgan fingerprint density at radius 3 is 3.14 bits per heavy atom. The van der Waals surface area contributed by atoms with Gasteiger partial charge in [0.1, 0.15) is 5.03 Å². The molecule has 0 bridgehead atoms. The zero-order chi connectivity index (χ0) is 14.4. The largest absolute Gasteiger partial charge is 0.343 e. The Morgan fingerprint density at radius 2 is 2.43 bits per heavy atom. The number of H-pyrrole nitrogens is 1. The van der Waals surface area contributed by atoms with Gasteiger partial charge in [-0.3, -0.25) is 8.97 Å². The molecule has 1 fully saturated rings. The van der Waals surface area contributed by atoms with Gasteiger partial charge >= 0.3 is 5.69 Å². The maximum absolute atomic E-state index is 11.5. The average molecular weight is 322 g/mol. The van der Waals surface area contributed by atoms with E-state index < -0.39 is 0 Å². The monoisotopic (exact) mass is 322 g/mol. The molecule has 0 atom stereocenters. The van der Waals surface area contributed by atoms with Crippen LogP contribution in [0.3, 0.4) is 0 Å². The van der Waals surface area contributed by atoms with Crippen LogP contribution in [0.4, 0.5) is 0 Å². The van der Waals surface area contributed by atoms with Crippen molar-refractivity contribution < 1.29 is 0 Å². The second-order valence-electron chi connectivity index (χ2n) is 5.05. The highest BCUT2D eigenvalue weighted by Crippen LogP contribution is 2.30. The van der Waals surface area contributed by atoms with Crippen LogP contribution in [0.15, 0.2) is 26.6 Å². The molecule has 7 nitrogen and oxygen atoms in total. The Morgan fingerprint density at radius 1 is 1.57 bits per heavy atom. The number of nitrogens with zero attached hydrogens (tertiary/aromatic N) is 4. The molecule has 110 valence electrons. The summed E-state index contributed by atoms with van der Waals surface area (Å²) in [5.74, 6) is 0. The Labute approximate surface area is 128 Å². The second-order valence-corrected chi connectivity index (χ2v) is 6.88. The molecule has 0 aliphatic heterocycles. The van der Waals surface area contributed by atoms with Crippen LogP contribution in [-0.2, 0) is 13.6 Å². The van der Waals surface area contributed by atoms with E-state index in [1.807, 2.05) is 11.6 Å². The van der Waals surface area contributed by atoms with Crippen molar-refractivity contribution in [3.05, 3.63) is 27.8 Å². The first-order chi connectivity index (χ1) is 10.2. The maximum atomic E-state index is 11.5. The van der Waals surface area contributed by atoms with E-state index in [0.29, 0.717) is 11.2 Å². The molecule has 3 aromatic heterocycles. The molecule has 1 aliphatic rings. The van der Waals surface area contributed by atoms with Gasteiger partial charge in [0.15, 0.2) is 10.1 Å². The molecule has 21 heavy (non-hydrogen) atoms. The quantitative estimate of drug-likeness (QED) is 0.738. The van der Waals surface area contributed by atoms with Crippen molar-refractivity contribution >= 4 is 28.1 Å². The smallest absolute Gasteiger partial charge is 0.308 e. The fourth-order valence-electron chi connectivity index (χ4n) is 2.09. The first-order valence-corrected chi connectivity index (χ1v) is 8.39. The molecule has 9 heteroatoms. The van der Waals surface area contributed by atoms with E-state index in [0.717, 1.165) is 22.2 Å². The summed E-state index contributed by atoms with van der Waals surface area (Å²) in [4.78, 5) is 17.1. The minimum atomic E-state index is -0.212. The lowest BCUT2D eigenvalue weighted by Crippen LogP contribution is -2.17. The van der Waals surface area contributed by atoms with Gasteiger partial charge < -0.3 is 5.32 Å². The Hall–Kier alpha value is -1.58. The van der Waals surface area contributed by atoms with E-state index in [9.17, 15) is 4.79 Å². The third-order valence-electron chi connectivity index (χ3n) is 3.49. The number of hydrogen-bond acceptors (Lipinski definition) is 6. The summed E-state index contributed by atoms with van der Waals surface area (Å²) >= 11 is 3.03. The maximum Gasteiger partial charge on any atom is 0.343 e. The molecule has 0 amide bonds. The van der Waals surface area contributed by atoms with E-state index in [4.69, 9.17) is 0 Å². The summed E-state index contributed by atoms with van der Waals surface area (Å²) in [5, 5.41) is 13.6. The minimum absolute atomic E-state index is 0.212. The van der Waals surface area contributed by atoms with Gasteiger partial charge in [-0.15, -0.1) is 16.4 Å². The summed E-state index contributed by atoms with van der Waals surface area (Å²) < 4.78 is 3.60. The van der Waals surface area contributed by atoms with Crippen molar-refractivity contribution in [1.82, 2.24) is 29.5 Å². The molecular weight excluding hydrogens is 308 g/mol. The van der Waals surface area contributed by atoms with Gasteiger partial charge in [0, 0.05) is 31.2 Å². The zero-order valence-electron chi connectivity index (χ0n) is 11.4. The van der Waals surface area contributed by atoms with Gasteiger partial charge in [-0.1, -0.05) is 0 Å².